The molecule has 0 aromatic heterocycles. The van der Waals surface area contributed by atoms with Gasteiger partial charge in [-0.25, -0.2) is 4.79 Å². The molecule has 0 aliphatic carbocycles. The maximum atomic E-state index is 12.4. The second-order valence-corrected chi connectivity index (χ2v) is 9.23. The number of fused-ring (bicyclic) bond motifs is 1. The van der Waals surface area contributed by atoms with Crippen LogP contribution in [-0.2, 0) is 25.7 Å². The monoisotopic (exact) mass is 471 g/mol. The van der Waals surface area contributed by atoms with Crippen molar-refractivity contribution in [2.24, 2.45) is 0 Å². The summed E-state index contributed by atoms with van der Waals surface area (Å²) >= 11 is 0. The van der Waals surface area contributed by atoms with Crippen LogP contribution >= 0.6 is 0 Å². The molecule has 2 rings (SSSR count). The molecule has 0 aliphatic rings. The number of hydrogen-bond acceptors (Lipinski definition) is 5. The van der Waals surface area contributed by atoms with Crippen LogP contribution < -0.4 is 16.0 Å². The molecule has 0 radical (unpaired) electrons. The zero-order valence-corrected chi connectivity index (χ0v) is 20.0. The van der Waals surface area contributed by atoms with E-state index in [-0.39, 0.29) is 18.7 Å². The Labute approximate surface area is 199 Å². The fraction of sp³-hybridized carbons (Fsp3) is 0.440. The van der Waals surface area contributed by atoms with Gasteiger partial charge in [-0.2, -0.15) is 0 Å². The van der Waals surface area contributed by atoms with Gasteiger partial charge in [-0.15, -0.1) is 0 Å². The van der Waals surface area contributed by atoms with Gasteiger partial charge in [0.15, 0.2) is 0 Å². The Morgan fingerprint density at radius 2 is 1.59 bits per heavy atom. The first kappa shape index (κ1) is 26.6. The summed E-state index contributed by atoms with van der Waals surface area (Å²) in [6.45, 7) is 7.08. The van der Waals surface area contributed by atoms with E-state index in [0.717, 1.165) is 16.3 Å². The van der Waals surface area contributed by atoms with Gasteiger partial charge < -0.3 is 25.8 Å². The van der Waals surface area contributed by atoms with Crippen LogP contribution in [0.5, 0.6) is 0 Å². The number of amides is 3. The maximum absolute atomic E-state index is 12.4. The van der Waals surface area contributed by atoms with Crippen molar-refractivity contribution in [2.45, 2.75) is 71.2 Å². The fourth-order valence-electron chi connectivity index (χ4n) is 3.46. The topological polar surface area (TPSA) is 134 Å². The Hall–Kier alpha value is -3.62. The van der Waals surface area contributed by atoms with Gasteiger partial charge in [0, 0.05) is 25.4 Å². The highest BCUT2D eigenvalue weighted by Gasteiger charge is 2.24. The fourth-order valence-corrected chi connectivity index (χ4v) is 3.46. The molecule has 2 atom stereocenters. The predicted molar refractivity (Wildman–Crippen MR) is 128 cm³/mol. The standard InChI is InChI=1S/C25H33N3O6/c1-16(12-21(29)26-15-18-10-7-9-17-8-5-6-11-20(17)18)27-22(30)13-19(14-23(31)32)28-24(33)34-25(2,3)4/h5-11,16,19H,12-15H2,1-4H3,(H,26,29)(H,27,30)(H,28,33)(H,31,32)/t16-,19+/m0/s1. The molecule has 0 saturated carbocycles. The number of carbonyl (C=O) groups excluding carboxylic acids is 3. The Kier molecular flexibility index (Phi) is 9.41. The van der Waals surface area contributed by atoms with Gasteiger partial charge in [0.1, 0.15) is 5.60 Å². The van der Waals surface area contributed by atoms with E-state index in [2.05, 4.69) is 16.0 Å². The molecular weight excluding hydrogens is 438 g/mol. The number of hydrogen-bond donors (Lipinski definition) is 4. The van der Waals surface area contributed by atoms with Crippen molar-refractivity contribution < 1.29 is 29.0 Å². The summed E-state index contributed by atoms with van der Waals surface area (Å²) in [5, 5.41) is 19.2. The summed E-state index contributed by atoms with van der Waals surface area (Å²) in [5.74, 6) is -1.86. The number of benzene rings is 2. The minimum absolute atomic E-state index is 0.0552. The molecule has 9 heteroatoms. The van der Waals surface area contributed by atoms with Gasteiger partial charge in [0.2, 0.25) is 11.8 Å². The molecular formula is C25H33N3O6. The molecule has 0 spiro atoms. The Morgan fingerprint density at radius 1 is 0.912 bits per heavy atom. The van der Waals surface area contributed by atoms with Crippen LogP contribution in [0.4, 0.5) is 4.79 Å². The van der Waals surface area contributed by atoms with Gasteiger partial charge >= 0.3 is 12.1 Å². The predicted octanol–water partition coefficient (Wildman–Crippen LogP) is 3.11. The van der Waals surface area contributed by atoms with Crippen molar-refractivity contribution in [1.29, 1.82) is 0 Å². The molecule has 0 aliphatic heterocycles. The molecule has 9 nitrogen and oxygen atoms in total. The van der Waals surface area contributed by atoms with E-state index in [1.165, 1.54) is 0 Å². The van der Waals surface area contributed by atoms with Crippen LogP contribution in [0.25, 0.3) is 10.8 Å². The van der Waals surface area contributed by atoms with Crippen LogP contribution in [0.2, 0.25) is 0 Å². The molecule has 2 aromatic carbocycles. The maximum Gasteiger partial charge on any atom is 0.407 e. The van der Waals surface area contributed by atoms with Crippen LogP contribution in [0.3, 0.4) is 0 Å². The van der Waals surface area contributed by atoms with Crippen molar-refractivity contribution in [1.82, 2.24) is 16.0 Å². The van der Waals surface area contributed by atoms with Crippen molar-refractivity contribution in [3.05, 3.63) is 48.0 Å². The molecule has 0 saturated heterocycles. The van der Waals surface area contributed by atoms with E-state index >= 15 is 0 Å². The van der Waals surface area contributed by atoms with Crippen molar-refractivity contribution in [3.63, 3.8) is 0 Å². The first-order chi connectivity index (χ1) is 15.9. The lowest BCUT2D eigenvalue weighted by Crippen LogP contribution is -2.44. The number of carboxylic acid groups (broad SMARTS) is 1. The van der Waals surface area contributed by atoms with Gasteiger partial charge in [-0.3, -0.25) is 14.4 Å². The largest absolute Gasteiger partial charge is 0.481 e. The lowest BCUT2D eigenvalue weighted by atomic mass is 10.0. The minimum Gasteiger partial charge on any atom is -0.481 e. The van der Waals surface area contributed by atoms with Crippen molar-refractivity contribution >= 4 is 34.6 Å². The summed E-state index contributed by atoms with van der Waals surface area (Å²) in [5.41, 5.74) is 0.237. The second kappa shape index (κ2) is 12.0. The van der Waals surface area contributed by atoms with E-state index < -0.39 is 42.1 Å². The third-order valence-corrected chi connectivity index (χ3v) is 4.83. The third-order valence-electron chi connectivity index (χ3n) is 4.83. The van der Waals surface area contributed by atoms with Gasteiger partial charge in [0.25, 0.3) is 0 Å². The van der Waals surface area contributed by atoms with E-state index in [9.17, 15) is 19.2 Å². The van der Waals surface area contributed by atoms with Gasteiger partial charge in [0.05, 0.1) is 12.5 Å². The van der Waals surface area contributed by atoms with Crippen LogP contribution in [-0.4, -0.2) is 46.7 Å². The molecule has 0 fully saturated rings. The van der Waals surface area contributed by atoms with Crippen LogP contribution in [0.15, 0.2) is 42.5 Å². The average Bonchev–Trinajstić information content (AvgIpc) is 2.69. The SMILES string of the molecule is C[C@@H](CC(=O)NCc1cccc2ccccc12)NC(=O)C[C@H](CC(=O)O)NC(=O)OC(C)(C)C. The summed E-state index contributed by atoms with van der Waals surface area (Å²) < 4.78 is 5.13. The number of alkyl carbamates (subject to hydrolysis) is 1. The van der Waals surface area contributed by atoms with E-state index in [4.69, 9.17) is 9.84 Å². The van der Waals surface area contributed by atoms with E-state index in [1.54, 1.807) is 27.7 Å². The smallest absolute Gasteiger partial charge is 0.407 e. The molecule has 3 amide bonds. The van der Waals surface area contributed by atoms with E-state index in [1.807, 2.05) is 42.5 Å². The van der Waals surface area contributed by atoms with Crippen molar-refractivity contribution in [3.8, 4) is 0 Å². The van der Waals surface area contributed by atoms with Crippen LogP contribution in [0, 0.1) is 0 Å². The molecule has 34 heavy (non-hydrogen) atoms. The highest BCUT2D eigenvalue weighted by molar-refractivity contribution is 5.86. The number of nitrogens with one attached hydrogen (secondary N) is 3. The number of rotatable bonds is 10. The zero-order chi connectivity index (χ0) is 25.3. The quantitative estimate of drug-likeness (QED) is 0.421. The molecule has 4 N–H and O–H groups in total. The lowest BCUT2D eigenvalue weighted by molar-refractivity contribution is -0.137. The lowest BCUT2D eigenvalue weighted by Gasteiger charge is -2.23. The molecule has 0 bridgehead atoms. The van der Waals surface area contributed by atoms with Gasteiger partial charge in [-0.05, 0) is 44.0 Å². The molecule has 2 aromatic rings. The summed E-state index contributed by atoms with van der Waals surface area (Å²) in [6, 6.07) is 12.4. The van der Waals surface area contributed by atoms with Crippen molar-refractivity contribution in [2.75, 3.05) is 0 Å². The number of aliphatic carboxylic acids is 1. The van der Waals surface area contributed by atoms with Gasteiger partial charge in [-0.1, -0.05) is 42.5 Å². The molecule has 184 valence electrons. The Bertz CT molecular complexity index is 1030. The molecule has 0 unspecified atom stereocenters. The third kappa shape index (κ3) is 9.48. The highest BCUT2D eigenvalue weighted by atomic mass is 16.6. The Morgan fingerprint density at radius 3 is 2.26 bits per heavy atom. The zero-order valence-electron chi connectivity index (χ0n) is 20.0. The summed E-state index contributed by atoms with van der Waals surface area (Å²) in [6.07, 6.45) is -1.44. The normalized spacial score (nSPS) is 12.9. The minimum atomic E-state index is -1.16. The number of ether oxygens (including phenoxy) is 1. The first-order valence-electron chi connectivity index (χ1n) is 11.2. The number of carbonyl (C=O) groups is 4. The highest BCUT2D eigenvalue weighted by Crippen LogP contribution is 2.18. The summed E-state index contributed by atoms with van der Waals surface area (Å²) in [4.78, 5) is 47.8. The summed E-state index contributed by atoms with van der Waals surface area (Å²) in [7, 11) is 0. The second-order valence-electron chi connectivity index (χ2n) is 9.23. The average molecular weight is 472 g/mol. The molecule has 0 heterocycles. The van der Waals surface area contributed by atoms with Crippen LogP contribution in [0.1, 0.15) is 52.5 Å². The van der Waals surface area contributed by atoms with E-state index in [0.29, 0.717) is 6.54 Å². The first-order valence-corrected chi connectivity index (χ1v) is 11.2. The number of carboxylic acids is 1. The Balaban J connectivity index is 1.84.